The number of nitrogens with zero attached hydrogens (tertiary/aromatic N) is 3. The third-order valence-electron chi connectivity index (χ3n) is 11.1. The van der Waals surface area contributed by atoms with Crippen LogP contribution >= 0.6 is 0 Å². The fraction of sp³-hybridized carbons (Fsp3) is 0.386. The van der Waals surface area contributed by atoms with Crippen LogP contribution in [0, 0.1) is 26.1 Å². The molecule has 0 bridgehead atoms. The highest BCUT2D eigenvalue weighted by molar-refractivity contribution is 7.85. The van der Waals surface area contributed by atoms with Crippen molar-refractivity contribution in [3.05, 3.63) is 121 Å². The number of ether oxygens (including phenoxy) is 3. The van der Waals surface area contributed by atoms with Crippen LogP contribution in [0.4, 0.5) is 34.1 Å². The molecular formula is C44H49N5O16S2. The van der Waals surface area contributed by atoms with Crippen LogP contribution in [-0.4, -0.2) is 106 Å². The molecule has 1 fully saturated rings. The highest BCUT2D eigenvalue weighted by Gasteiger charge is 2.37. The molecule has 1 saturated heterocycles. The van der Waals surface area contributed by atoms with Crippen LogP contribution in [0.3, 0.4) is 0 Å². The van der Waals surface area contributed by atoms with E-state index in [0.29, 0.717) is 109 Å². The van der Waals surface area contributed by atoms with Gasteiger partial charge in [0.05, 0.1) is 69.4 Å². The molecule has 6 rings (SSSR count). The molecule has 1 unspecified atom stereocenters. The lowest BCUT2D eigenvalue weighted by Crippen LogP contribution is -2.39. The van der Waals surface area contributed by atoms with Gasteiger partial charge in [0.2, 0.25) is 0 Å². The van der Waals surface area contributed by atoms with Crippen molar-refractivity contribution < 1.29 is 64.0 Å². The molecule has 4 N–H and O–H groups in total. The number of benzene rings is 4. The molecule has 4 aromatic carbocycles. The van der Waals surface area contributed by atoms with Gasteiger partial charge in [-0.2, -0.15) is 8.42 Å². The Morgan fingerprint density at radius 2 is 1.33 bits per heavy atom. The van der Waals surface area contributed by atoms with Gasteiger partial charge >= 0.3 is 10.6 Å². The van der Waals surface area contributed by atoms with Crippen molar-refractivity contribution in [2.24, 2.45) is 5.92 Å². The zero-order valence-corrected chi connectivity index (χ0v) is 37.8. The van der Waals surface area contributed by atoms with Crippen molar-refractivity contribution in [1.29, 1.82) is 0 Å². The second-order valence-corrected chi connectivity index (χ2v) is 17.3. The number of hydrogen-bond donors (Lipinski definition) is 3. The van der Waals surface area contributed by atoms with Gasteiger partial charge in [0.15, 0.2) is 11.6 Å². The minimum Gasteiger partial charge on any atom is -0.396 e. The number of fused-ring (bicyclic) bond motifs is 2. The minimum atomic E-state index is -4.44. The number of anilines is 4. The Labute approximate surface area is 386 Å². The van der Waals surface area contributed by atoms with Crippen molar-refractivity contribution in [2.75, 3.05) is 68.7 Å². The minimum absolute atomic E-state index is 0.0570. The first-order chi connectivity index (χ1) is 32.0. The molecule has 0 saturated carbocycles. The number of rotatable bonds is 23. The third kappa shape index (κ3) is 14.0. The van der Waals surface area contributed by atoms with E-state index in [4.69, 9.17) is 32.6 Å². The molecule has 1 atom stereocenters. The zero-order chi connectivity index (χ0) is 48.7. The smallest absolute Gasteiger partial charge is 0.396 e. The number of nitro groups is 2. The standard InChI is InChI=1S/C44H49N5O13S.O3S/c45-42-38(27-35(46-30-16-18-31(19-17-30)63(57,58)59)40-41(42)44(52)33-11-2-1-10-32(33)43(40)51)47-20-8-9-29(28-47)39(50)15-4-6-22-61-24-26-62-25-23-60-21-5-3-12-34-36(48(53)54)13-7-14-37(34)49(55)56;1-4(2)3/h1-2,7,10-11,13-14,16-19,27,29,46H,3-6,8-9,12,15,20-26,28,45H2,(H,57,58,59);. The Bertz CT molecular complexity index is 2660. The van der Waals surface area contributed by atoms with Crippen LogP contribution in [0.2, 0.25) is 0 Å². The molecule has 67 heavy (non-hydrogen) atoms. The molecule has 0 aromatic heterocycles. The summed E-state index contributed by atoms with van der Waals surface area (Å²) < 4.78 is 74.8. The molecule has 1 heterocycles. The highest BCUT2D eigenvalue weighted by Crippen LogP contribution is 2.43. The summed E-state index contributed by atoms with van der Waals surface area (Å²) in [6.07, 6.45) is 4.32. The second kappa shape index (κ2) is 24.3. The van der Waals surface area contributed by atoms with Gasteiger partial charge in [0, 0.05) is 67.6 Å². The average Bonchev–Trinajstić information content (AvgIpc) is 3.29. The Balaban J connectivity index is 0.00000202. The number of Topliss-reactive ketones (excluding diaryl/α,β-unsaturated/α-hetero) is 1. The number of unbranched alkanes of at least 4 members (excludes halogenated alkanes) is 2. The Morgan fingerprint density at radius 3 is 1.88 bits per heavy atom. The van der Waals surface area contributed by atoms with E-state index < -0.39 is 42.1 Å². The Morgan fingerprint density at radius 1 is 0.791 bits per heavy atom. The maximum Gasteiger partial charge on any atom is 0.425 e. The number of ketones is 3. The van der Waals surface area contributed by atoms with Crippen LogP contribution in [-0.2, 0) is 46.2 Å². The third-order valence-corrected chi connectivity index (χ3v) is 11.9. The molecule has 2 aliphatic rings. The van der Waals surface area contributed by atoms with E-state index in [-0.39, 0.29) is 73.6 Å². The van der Waals surface area contributed by atoms with Crippen LogP contribution < -0.4 is 16.0 Å². The average molecular weight is 968 g/mol. The van der Waals surface area contributed by atoms with Gasteiger partial charge in [-0.25, -0.2) is 0 Å². The summed E-state index contributed by atoms with van der Waals surface area (Å²) in [5, 5.41) is 25.8. The number of piperidine rings is 1. The summed E-state index contributed by atoms with van der Waals surface area (Å²) in [4.78, 5) is 64.3. The number of carbonyl (C=O) groups excluding carboxylic acids is 3. The van der Waals surface area contributed by atoms with Gasteiger partial charge in [-0.1, -0.05) is 24.3 Å². The van der Waals surface area contributed by atoms with Gasteiger partial charge in [-0.3, -0.25) is 39.2 Å². The van der Waals surface area contributed by atoms with E-state index in [9.17, 15) is 47.6 Å². The van der Waals surface area contributed by atoms with Crippen molar-refractivity contribution in [1.82, 2.24) is 0 Å². The van der Waals surface area contributed by atoms with E-state index in [1.165, 1.54) is 42.5 Å². The van der Waals surface area contributed by atoms with Crippen LogP contribution in [0.15, 0.2) is 77.7 Å². The molecule has 0 amide bonds. The Kier molecular flexibility index (Phi) is 18.7. The van der Waals surface area contributed by atoms with Gasteiger partial charge < -0.3 is 30.2 Å². The monoisotopic (exact) mass is 967 g/mol. The molecular weight excluding hydrogens is 919 g/mol. The SMILES string of the molecule is Nc1c(N2CCCC(C(=O)CCCCOCCOCCOCCCCc3c([N+](=O)[O-])cccc3[N+](=O)[O-])C2)cc(Nc2ccc(S(=O)(=O)O)cc2)c2c1C(=O)c1ccccc1C2=O.O=S(=O)=O. The van der Waals surface area contributed by atoms with E-state index >= 15 is 0 Å². The summed E-state index contributed by atoms with van der Waals surface area (Å²) in [5.74, 6) is -0.971. The summed E-state index contributed by atoms with van der Waals surface area (Å²) in [6, 6.07) is 17.3. The topological polar surface area (TPSA) is 312 Å². The normalized spacial score (nSPS) is 14.3. The van der Waals surface area contributed by atoms with Crippen LogP contribution in [0.25, 0.3) is 0 Å². The highest BCUT2D eigenvalue weighted by atomic mass is 32.2. The molecule has 4 aromatic rings. The molecule has 23 heteroatoms. The summed E-state index contributed by atoms with van der Waals surface area (Å²) >= 11 is 0. The lowest BCUT2D eigenvalue weighted by Gasteiger charge is -2.36. The van der Waals surface area contributed by atoms with Crippen molar-refractivity contribution in [3.63, 3.8) is 0 Å². The molecule has 1 aliphatic heterocycles. The molecule has 0 spiro atoms. The van der Waals surface area contributed by atoms with Crippen LogP contribution in [0.5, 0.6) is 0 Å². The van der Waals surface area contributed by atoms with Gasteiger partial charge in [0.1, 0.15) is 11.3 Å². The summed E-state index contributed by atoms with van der Waals surface area (Å²) in [7, 11) is -7.55. The van der Waals surface area contributed by atoms with Crippen molar-refractivity contribution in [2.45, 2.75) is 56.3 Å². The summed E-state index contributed by atoms with van der Waals surface area (Å²) in [6.45, 7) is 3.18. The number of nitro benzene ring substituents is 2. The fourth-order valence-corrected chi connectivity index (χ4v) is 8.39. The predicted octanol–water partition coefficient (Wildman–Crippen LogP) is 5.88. The largest absolute Gasteiger partial charge is 0.425 e. The number of nitrogens with two attached hydrogens (primary N) is 1. The lowest BCUT2D eigenvalue weighted by atomic mass is 9.81. The maximum absolute atomic E-state index is 14.0. The van der Waals surface area contributed by atoms with Gasteiger partial charge in [-0.15, -0.1) is 12.6 Å². The number of nitrogen functional groups attached to an aromatic ring is 1. The fourth-order valence-electron chi connectivity index (χ4n) is 7.91. The number of hydrogen-bond acceptors (Lipinski definition) is 18. The zero-order valence-electron chi connectivity index (χ0n) is 36.1. The summed E-state index contributed by atoms with van der Waals surface area (Å²) in [5.41, 5.74) is 8.27. The van der Waals surface area contributed by atoms with Crippen molar-refractivity contribution in [3.8, 4) is 0 Å². The van der Waals surface area contributed by atoms with Gasteiger partial charge in [0.25, 0.3) is 21.5 Å². The van der Waals surface area contributed by atoms with E-state index in [1.807, 2.05) is 4.90 Å². The lowest BCUT2D eigenvalue weighted by molar-refractivity contribution is -0.395. The van der Waals surface area contributed by atoms with E-state index in [0.717, 1.165) is 0 Å². The number of nitrogens with one attached hydrogen (secondary N) is 1. The van der Waals surface area contributed by atoms with Crippen molar-refractivity contribution >= 4 is 72.2 Å². The number of carbonyl (C=O) groups is 3. The maximum atomic E-state index is 14.0. The van der Waals surface area contributed by atoms with Crippen LogP contribution in [0.1, 0.15) is 82.4 Å². The first-order valence-corrected chi connectivity index (χ1v) is 23.6. The second-order valence-electron chi connectivity index (χ2n) is 15.4. The quantitative estimate of drug-likeness (QED) is 0.0226. The van der Waals surface area contributed by atoms with E-state index in [1.54, 1.807) is 30.3 Å². The molecule has 358 valence electrons. The molecule has 0 radical (unpaired) electrons. The molecule has 21 nitrogen and oxygen atoms in total. The first-order valence-electron chi connectivity index (χ1n) is 21.2. The van der Waals surface area contributed by atoms with E-state index in [2.05, 4.69) is 5.32 Å². The molecule has 1 aliphatic carbocycles. The first kappa shape index (κ1) is 51.5. The Hall–Kier alpha value is -6.50. The van der Waals surface area contributed by atoms with Gasteiger partial charge in [-0.05, 0) is 81.3 Å². The predicted molar refractivity (Wildman–Crippen MR) is 242 cm³/mol.